The number of likely N-dealkylation sites (tertiary alicyclic amines) is 1. The number of alkyl halides is 3. The van der Waals surface area contributed by atoms with Gasteiger partial charge >= 0.3 is 6.18 Å². The van der Waals surface area contributed by atoms with Crippen LogP contribution in [-0.4, -0.2) is 56.4 Å². The minimum Gasteiger partial charge on any atom is -0.380 e. The number of rotatable bonds is 7. The van der Waals surface area contributed by atoms with Crippen LogP contribution in [0.25, 0.3) is 0 Å². The summed E-state index contributed by atoms with van der Waals surface area (Å²) in [5.74, 6) is 0.632. The average Bonchev–Trinajstić information content (AvgIpc) is 2.99. The summed E-state index contributed by atoms with van der Waals surface area (Å²) in [6.45, 7) is 3.68. The zero-order chi connectivity index (χ0) is 19.0. The molecule has 1 aliphatic heterocycles. The van der Waals surface area contributed by atoms with E-state index in [-0.39, 0.29) is 30.0 Å². The first kappa shape index (κ1) is 24.0. The molecule has 0 aromatic heterocycles. The smallest absolute Gasteiger partial charge is 0.380 e. The number of ether oxygens (including phenoxy) is 1. The number of guanidine groups is 1. The Morgan fingerprint density at radius 2 is 1.93 bits per heavy atom. The van der Waals surface area contributed by atoms with E-state index >= 15 is 0 Å². The topological polar surface area (TPSA) is 48.9 Å². The molecule has 1 unspecified atom stereocenters. The van der Waals surface area contributed by atoms with Crippen molar-refractivity contribution in [2.75, 3.05) is 33.3 Å². The second-order valence-electron chi connectivity index (χ2n) is 6.42. The third kappa shape index (κ3) is 9.11. The zero-order valence-electron chi connectivity index (χ0n) is 15.7. The molecule has 1 aromatic carbocycles. The van der Waals surface area contributed by atoms with Crippen LogP contribution in [-0.2, 0) is 17.9 Å². The Morgan fingerprint density at radius 1 is 1.26 bits per heavy atom. The normalized spacial score (nSPS) is 18.3. The van der Waals surface area contributed by atoms with Crippen LogP contribution in [0.2, 0.25) is 0 Å². The molecular weight excluding hydrogens is 472 g/mol. The molecule has 154 valence electrons. The van der Waals surface area contributed by atoms with Crippen molar-refractivity contribution >= 4 is 29.9 Å². The number of nitrogens with one attached hydrogen (secondary N) is 2. The Bertz CT molecular complexity index is 581. The largest absolute Gasteiger partial charge is 0.401 e. The van der Waals surface area contributed by atoms with E-state index in [2.05, 4.69) is 15.6 Å². The molecule has 27 heavy (non-hydrogen) atoms. The molecule has 0 aliphatic carbocycles. The van der Waals surface area contributed by atoms with Crippen LogP contribution in [0.15, 0.2) is 29.3 Å². The van der Waals surface area contributed by atoms with E-state index in [1.54, 1.807) is 7.11 Å². The Labute approximate surface area is 175 Å². The van der Waals surface area contributed by atoms with Gasteiger partial charge in [0.05, 0.1) is 19.7 Å². The van der Waals surface area contributed by atoms with Gasteiger partial charge in [-0.15, -0.1) is 24.0 Å². The number of hydrogen-bond acceptors (Lipinski definition) is 3. The molecule has 1 fully saturated rings. The summed E-state index contributed by atoms with van der Waals surface area (Å²) in [6, 6.07) is 7.98. The second kappa shape index (κ2) is 11.7. The van der Waals surface area contributed by atoms with E-state index in [9.17, 15) is 13.2 Å². The fourth-order valence-electron chi connectivity index (χ4n) is 2.94. The molecule has 2 rings (SSSR count). The Morgan fingerprint density at radius 3 is 2.52 bits per heavy atom. The van der Waals surface area contributed by atoms with Crippen molar-refractivity contribution < 1.29 is 17.9 Å². The molecule has 5 nitrogen and oxygen atoms in total. The maximum Gasteiger partial charge on any atom is 0.401 e. The second-order valence-corrected chi connectivity index (χ2v) is 6.42. The summed E-state index contributed by atoms with van der Waals surface area (Å²) in [5.41, 5.74) is 2.16. The van der Waals surface area contributed by atoms with E-state index < -0.39 is 12.7 Å². The SMILES string of the molecule is CCNC(=NCc1ccc(COC)cc1)NC1CCN(CC(F)(F)F)C1.I. The molecule has 9 heteroatoms. The van der Waals surface area contributed by atoms with Gasteiger partial charge in [0.15, 0.2) is 5.96 Å². The quantitative estimate of drug-likeness (QED) is 0.343. The predicted octanol–water partition coefficient (Wildman–Crippen LogP) is 3.14. The van der Waals surface area contributed by atoms with Crippen LogP contribution in [0.3, 0.4) is 0 Å². The first-order chi connectivity index (χ1) is 12.4. The van der Waals surface area contributed by atoms with E-state index in [0.29, 0.717) is 45.2 Å². The minimum atomic E-state index is -4.15. The van der Waals surface area contributed by atoms with Crippen LogP contribution in [0.5, 0.6) is 0 Å². The van der Waals surface area contributed by atoms with Gasteiger partial charge in [0.25, 0.3) is 0 Å². The van der Waals surface area contributed by atoms with E-state index in [1.165, 1.54) is 4.90 Å². The van der Waals surface area contributed by atoms with Crippen LogP contribution in [0, 0.1) is 0 Å². The van der Waals surface area contributed by atoms with Gasteiger partial charge in [-0.1, -0.05) is 24.3 Å². The van der Waals surface area contributed by atoms with Crippen LogP contribution in [0.1, 0.15) is 24.5 Å². The molecule has 1 heterocycles. The third-order valence-corrected chi connectivity index (χ3v) is 4.11. The van der Waals surface area contributed by atoms with Crippen molar-refractivity contribution in [1.29, 1.82) is 0 Å². The van der Waals surface area contributed by atoms with Gasteiger partial charge in [0.2, 0.25) is 0 Å². The molecule has 0 bridgehead atoms. The number of nitrogens with zero attached hydrogens (tertiary/aromatic N) is 2. The lowest BCUT2D eigenvalue weighted by Crippen LogP contribution is -2.45. The lowest BCUT2D eigenvalue weighted by Gasteiger charge is -2.19. The number of aliphatic imine (C=N–C) groups is 1. The monoisotopic (exact) mass is 500 g/mol. The van der Waals surface area contributed by atoms with E-state index in [4.69, 9.17) is 4.74 Å². The van der Waals surface area contributed by atoms with Crippen molar-refractivity contribution in [3.63, 3.8) is 0 Å². The summed E-state index contributed by atoms with van der Waals surface area (Å²) in [7, 11) is 1.66. The Hall–Kier alpha value is -1.07. The maximum atomic E-state index is 12.5. The lowest BCUT2D eigenvalue weighted by molar-refractivity contribution is -0.143. The molecule has 1 aromatic rings. The first-order valence-corrected chi connectivity index (χ1v) is 8.80. The fraction of sp³-hybridized carbons (Fsp3) is 0.611. The van der Waals surface area contributed by atoms with Gasteiger partial charge < -0.3 is 15.4 Å². The maximum absolute atomic E-state index is 12.5. The van der Waals surface area contributed by atoms with Gasteiger partial charge in [0.1, 0.15) is 0 Å². The standard InChI is InChI=1S/C18H27F3N4O.HI/c1-3-22-17(23-10-14-4-6-15(7-5-14)12-26-2)24-16-8-9-25(11-16)13-18(19,20)21;/h4-7,16H,3,8-13H2,1-2H3,(H2,22,23,24);1H. The minimum absolute atomic E-state index is 0. The fourth-order valence-corrected chi connectivity index (χ4v) is 2.94. The molecule has 2 N–H and O–H groups in total. The molecule has 1 atom stereocenters. The molecule has 0 radical (unpaired) electrons. The highest BCUT2D eigenvalue weighted by molar-refractivity contribution is 14.0. The molecule has 1 saturated heterocycles. The van der Waals surface area contributed by atoms with Gasteiger partial charge in [-0.05, 0) is 24.5 Å². The predicted molar refractivity (Wildman–Crippen MR) is 111 cm³/mol. The van der Waals surface area contributed by atoms with E-state index in [1.807, 2.05) is 31.2 Å². The lowest BCUT2D eigenvalue weighted by atomic mass is 10.1. The molecule has 0 saturated carbocycles. The summed E-state index contributed by atoms with van der Waals surface area (Å²) >= 11 is 0. The van der Waals surface area contributed by atoms with Crippen LogP contribution >= 0.6 is 24.0 Å². The number of halogens is 4. The highest BCUT2D eigenvalue weighted by Crippen LogP contribution is 2.19. The van der Waals surface area contributed by atoms with Gasteiger partial charge in [-0.2, -0.15) is 13.2 Å². The first-order valence-electron chi connectivity index (χ1n) is 8.80. The van der Waals surface area contributed by atoms with E-state index in [0.717, 1.165) is 11.1 Å². The highest BCUT2D eigenvalue weighted by Gasteiger charge is 2.34. The van der Waals surface area contributed by atoms with Crippen molar-refractivity contribution in [2.24, 2.45) is 4.99 Å². The zero-order valence-corrected chi connectivity index (χ0v) is 18.0. The van der Waals surface area contributed by atoms with Crippen molar-refractivity contribution in [1.82, 2.24) is 15.5 Å². The Kier molecular flexibility index (Phi) is 10.4. The third-order valence-electron chi connectivity index (χ3n) is 4.11. The van der Waals surface area contributed by atoms with Crippen molar-refractivity contribution in [3.05, 3.63) is 35.4 Å². The van der Waals surface area contributed by atoms with Gasteiger partial charge in [0, 0.05) is 32.8 Å². The van der Waals surface area contributed by atoms with Crippen LogP contribution in [0.4, 0.5) is 13.2 Å². The summed E-state index contributed by atoms with van der Waals surface area (Å²) in [6.07, 6.45) is -3.48. The van der Waals surface area contributed by atoms with Crippen LogP contribution < -0.4 is 10.6 Å². The molecular formula is C18H28F3IN4O. The molecule has 0 spiro atoms. The highest BCUT2D eigenvalue weighted by atomic mass is 127. The number of hydrogen-bond donors (Lipinski definition) is 2. The summed E-state index contributed by atoms with van der Waals surface area (Å²) in [4.78, 5) is 5.97. The average molecular weight is 500 g/mol. The summed E-state index contributed by atoms with van der Waals surface area (Å²) < 4.78 is 42.6. The summed E-state index contributed by atoms with van der Waals surface area (Å²) in [5, 5.41) is 6.40. The number of methoxy groups -OCH3 is 1. The van der Waals surface area contributed by atoms with Crippen molar-refractivity contribution in [3.8, 4) is 0 Å². The van der Waals surface area contributed by atoms with Gasteiger partial charge in [-0.3, -0.25) is 4.90 Å². The molecule has 1 aliphatic rings. The Balaban J connectivity index is 0.00000364. The number of benzene rings is 1. The van der Waals surface area contributed by atoms with Gasteiger partial charge in [-0.25, -0.2) is 4.99 Å². The molecule has 0 amide bonds. The van der Waals surface area contributed by atoms with Crippen molar-refractivity contribution in [2.45, 2.75) is 38.7 Å².